The lowest BCUT2D eigenvalue weighted by Gasteiger charge is -2.25. The zero-order chi connectivity index (χ0) is 18.4. The summed E-state index contributed by atoms with van der Waals surface area (Å²) in [6.45, 7) is 4.42. The minimum Gasteiger partial charge on any atom is -0.322 e. The first-order valence-electron chi connectivity index (χ1n) is 7.30. The van der Waals surface area contributed by atoms with E-state index in [9.17, 15) is 13.2 Å². The number of rotatable bonds is 2. The Balaban J connectivity index is 0.000000505. The zero-order valence-electron chi connectivity index (χ0n) is 14.0. The molecule has 1 aromatic carbocycles. The number of hydrogen-bond acceptors (Lipinski definition) is 5. The molecule has 2 rings (SSSR count). The highest BCUT2D eigenvalue weighted by Gasteiger charge is 2.27. The topological polar surface area (TPSA) is 122 Å². The van der Waals surface area contributed by atoms with Crippen LogP contribution in [0.1, 0.15) is 37.8 Å². The second kappa shape index (κ2) is 8.07. The van der Waals surface area contributed by atoms with Gasteiger partial charge in [0.05, 0.1) is 6.26 Å². The van der Waals surface area contributed by atoms with Gasteiger partial charge in [-0.25, -0.2) is 0 Å². The van der Waals surface area contributed by atoms with E-state index in [4.69, 9.17) is 10.4 Å². The summed E-state index contributed by atoms with van der Waals surface area (Å²) in [5, 5.41) is 5.85. The van der Waals surface area contributed by atoms with E-state index in [1.54, 1.807) is 0 Å². The SMILES string of the molecule is CC1(C)CCC(C(=O)NC=NN)=Cc2ccccc21.CS(=O)(=O)O. The number of amides is 1. The fraction of sp³-hybridized carbons (Fsp3) is 0.375. The lowest BCUT2D eigenvalue weighted by atomic mass is 9.79. The summed E-state index contributed by atoms with van der Waals surface area (Å²) in [5.74, 6) is 4.85. The van der Waals surface area contributed by atoms with Gasteiger partial charge in [0.15, 0.2) is 0 Å². The summed E-state index contributed by atoms with van der Waals surface area (Å²) in [5.41, 5.74) is 3.22. The summed E-state index contributed by atoms with van der Waals surface area (Å²) < 4.78 is 25.9. The second-order valence-electron chi connectivity index (χ2n) is 6.13. The van der Waals surface area contributed by atoms with Crippen LogP contribution in [0, 0.1) is 0 Å². The van der Waals surface area contributed by atoms with E-state index in [1.165, 1.54) is 11.9 Å². The molecule has 24 heavy (non-hydrogen) atoms. The Morgan fingerprint density at radius 3 is 2.54 bits per heavy atom. The average Bonchev–Trinajstić information content (AvgIpc) is 2.60. The van der Waals surface area contributed by atoms with Gasteiger partial charge in [0.2, 0.25) is 0 Å². The van der Waals surface area contributed by atoms with E-state index in [-0.39, 0.29) is 11.3 Å². The van der Waals surface area contributed by atoms with Gasteiger partial charge in [-0.1, -0.05) is 38.1 Å². The number of benzene rings is 1. The van der Waals surface area contributed by atoms with E-state index in [2.05, 4.69) is 30.3 Å². The molecule has 0 radical (unpaired) electrons. The first-order valence-corrected chi connectivity index (χ1v) is 9.14. The van der Waals surface area contributed by atoms with Gasteiger partial charge < -0.3 is 11.2 Å². The molecule has 0 spiro atoms. The Morgan fingerprint density at radius 1 is 1.38 bits per heavy atom. The zero-order valence-corrected chi connectivity index (χ0v) is 14.8. The van der Waals surface area contributed by atoms with Crippen LogP contribution in [0.4, 0.5) is 0 Å². The number of carbonyl (C=O) groups is 1. The van der Waals surface area contributed by atoms with Crippen LogP contribution in [0.25, 0.3) is 6.08 Å². The third-order valence-corrected chi connectivity index (χ3v) is 3.60. The van der Waals surface area contributed by atoms with Crippen LogP contribution < -0.4 is 11.2 Å². The number of nitrogens with one attached hydrogen (secondary N) is 1. The van der Waals surface area contributed by atoms with Gasteiger partial charge in [-0.3, -0.25) is 9.35 Å². The number of nitrogens with zero attached hydrogens (tertiary/aromatic N) is 1. The molecule has 0 aromatic heterocycles. The third kappa shape index (κ3) is 6.51. The van der Waals surface area contributed by atoms with Gasteiger partial charge in [-0.2, -0.15) is 13.5 Å². The quantitative estimate of drug-likeness (QED) is 0.245. The van der Waals surface area contributed by atoms with Crippen molar-refractivity contribution in [2.75, 3.05) is 6.26 Å². The summed E-state index contributed by atoms with van der Waals surface area (Å²) in [4.78, 5) is 12.0. The van der Waals surface area contributed by atoms with Gasteiger partial charge in [-0.05, 0) is 35.5 Å². The van der Waals surface area contributed by atoms with Crippen LogP contribution in [0.5, 0.6) is 0 Å². The molecule has 1 aliphatic carbocycles. The summed E-state index contributed by atoms with van der Waals surface area (Å²) in [6, 6.07) is 8.22. The van der Waals surface area contributed by atoms with E-state index in [1.807, 2.05) is 24.3 Å². The molecule has 0 fully saturated rings. The van der Waals surface area contributed by atoms with Crippen molar-refractivity contribution in [3.63, 3.8) is 0 Å². The van der Waals surface area contributed by atoms with E-state index in [0.717, 1.165) is 24.0 Å². The summed E-state index contributed by atoms with van der Waals surface area (Å²) >= 11 is 0. The largest absolute Gasteiger partial charge is 0.322 e. The molecule has 4 N–H and O–H groups in total. The molecule has 0 aliphatic heterocycles. The van der Waals surface area contributed by atoms with Crippen molar-refractivity contribution < 1.29 is 17.8 Å². The standard InChI is InChI=1S/C15H19N3O.CH4O3S/c1-15(2)8-7-12(14(19)17-10-18-16)9-11-5-3-4-6-13(11)15;1-5(2,3)4/h3-6,9-10H,7-8,16H2,1-2H3,(H,17,18,19);1H3,(H,2,3,4). The van der Waals surface area contributed by atoms with Crippen LogP contribution in [0.15, 0.2) is 34.9 Å². The molecule has 0 heterocycles. The number of hydrogen-bond donors (Lipinski definition) is 3. The molecule has 0 bridgehead atoms. The monoisotopic (exact) mass is 353 g/mol. The fourth-order valence-corrected chi connectivity index (χ4v) is 2.45. The van der Waals surface area contributed by atoms with Crippen LogP contribution in [-0.4, -0.2) is 31.5 Å². The van der Waals surface area contributed by atoms with Crippen molar-refractivity contribution in [1.29, 1.82) is 0 Å². The lowest BCUT2D eigenvalue weighted by Crippen LogP contribution is -2.24. The first-order chi connectivity index (χ1) is 11.0. The van der Waals surface area contributed by atoms with Crippen molar-refractivity contribution >= 4 is 28.4 Å². The smallest absolute Gasteiger partial charge is 0.261 e. The van der Waals surface area contributed by atoms with Crippen molar-refractivity contribution in [3.05, 3.63) is 41.0 Å². The summed E-state index contributed by atoms with van der Waals surface area (Å²) in [6.07, 6.45) is 5.57. The van der Waals surface area contributed by atoms with Crippen molar-refractivity contribution in [2.45, 2.75) is 32.1 Å². The average molecular weight is 353 g/mol. The maximum atomic E-state index is 12.0. The highest BCUT2D eigenvalue weighted by Crippen LogP contribution is 2.36. The van der Waals surface area contributed by atoms with Gasteiger partial charge in [0, 0.05) is 5.57 Å². The first kappa shape index (κ1) is 19.9. The Kier molecular flexibility index (Phi) is 6.68. The van der Waals surface area contributed by atoms with Crippen molar-refractivity contribution in [3.8, 4) is 0 Å². The van der Waals surface area contributed by atoms with Crippen LogP contribution in [0.2, 0.25) is 0 Å². The van der Waals surface area contributed by atoms with Crippen LogP contribution >= 0.6 is 0 Å². The number of carbonyl (C=O) groups excluding carboxylic acids is 1. The molecular formula is C16H23N3O4S. The number of nitrogens with two attached hydrogens (primary N) is 1. The van der Waals surface area contributed by atoms with E-state index in [0.29, 0.717) is 6.26 Å². The molecule has 0 unspecified atom stereocenters. The van der Waals surface area contributed by atoms with Gasteiger partial charge >= 0.3 is 0 Å². The van der Waals surface area contributed by atoms with E-state index >= 15 is 0 Å². The molecule has 132 valence electrons. The van der Waals surface area contributed by atoms with Crippen LogP contribution in [-0.2, 0) is 20.3 Å². The Labute approximate surface area is 142 Å². The Hall–Kier alpha value is -2.19. The summed E-state index contributed by atoms with van der Waals surface area (Å²) in [7, 11) is -3.67. The molecule has 1 amide bonds. The number of hydrazone groups is 1. The maximum absolute atomic E-state index is 12.0. The molecule has 0 saturated carbocycles. The van der Waals surface area contributed by atoms with Crippen molar-refractivity contribution in [2.24, 2.45) is 10.9 Å². The Morgan fingerprint density at radius 2 is 1.96 bits per heavy atom. The normalized spacial score (nSPS) is 16.2. The Bertz CT molecular complexity index is 744. The molecule has 0 saturated heterocycles. The van der Waals surface area contributed by atoms with Gasteiger partial charge in [0.1, 0.15) is 6.34 Å². The molecular weight excluding hydrogens is 330 g/mol. The van der Waals surface area contributed by atoms with Crippen LogP contribution in [0.3, 0.4) is 0 Å². The predicted molar refractivity (Wildman–Crippen MR) is 95.0 cm³/mol. The second-order valence-corrected chi connectivity index (χ2v) is 7.59. The molecule has 0 atom stereocenters. The van der Waals surface area contributed by atoms with Gasteiger partial charge in [-0.15, -0.1) is 0 Å². The highest BCUT2D eigenvalue weighted by atomic mass is 32.2. The third-order valence-electron chi connectivity index (χ3n) is 3.60. The van der Waals surface area contributed by atoms with E-state index < -0.39 is 10.1 Å². The molecule has 1 aliphatic rings. The molecule has 8 heteroatoms. The maximum Gasteiger partial charge on any atom is 0.261 e. The predicted octanol–water partition coefficient (Wildman–Crippen LogP) is 1.66. The molecule has 1 aromatic rings. The number of fused-ring (bicyclic) bond motifs is 1. The van der Waals surface area contributed by atoms with Crippen molar-refractivity contribution in [1.82, 2.24) is 5.32 Å². The van der Waals surface area contributed by atoms with Gasteiger partial charge in [0.25, 0.3) is 16.0 Å². The minimum absolute atomic E-state index is 0.0665. The minimum atomic E-state index is -3.67. The molecule has 7 nitrogen and oxygen atoms in total. The lowest BCUT2D eigenvalue weighted by molar-refractivity contribution is -0.116. The highest BCUT2D eigenvalue weighted by molar-refractivity contribution is 7.85. The fourth-order valence-electron chi connectivity index (χ4n) is 2.45.